The summed E-state index contributed by atoms with van der Waals surface area (Å²) in [5, 5.41) is 4.35. The lowest BCUT2D eigenvalue weighted by Crippen LogP contribution is -2.53. The van der Waals surface area contributed by atoms with Crippen LogP contribution in [0.15, 0.2) is 17.6 Å². The summed E-state index contributed by atoms with van der Waals surface area (Å²) in [5.74, 6) is 1.40. The number of carbonyl (C=O) groups excluding carboxylic acids is 1. The lowest BCUT2D eigenvalue weighted by molar-refractivity contribution is -0.103. The fourth-order valence-electron chi connectivity index (χ4n) is 3.32. The molecule has 0 bridgehead atoms. The highest BCUT2D eigenvalue weighted by atomic mass is 32.1. The van der Waals surface area contributed by atoms with Crippen LogP contribution in [0.25, 0.3) is 10.3 Å². The zero-order chi connectivity index (χ0) is 21.3. The van der Waals surface area contributed by atoms with E-state index < -0.39 is 6.09 Å². The van der Waals surface area contributed by atoms with Crippen LogP contribution >= 0.6 is 11.3 Å². The maximum atomic E-state index is 12.3. The number of ether oxygens (including phenoxy) is 1. The van der Waals surface area contributed by atoms with E-state index in [0.29, 0.717) is 42.7 Å². The summed E-state index contributed by atoms with van der Waals surface area (Å²) in [7, 11) is 1.54. The number of nitrogens with one attached hydrogen (secondary N) is 1. The molecule has 11 nitrogen and oxygen atoms in total. The van der Waals surface area contributed by atoms with Gasteiger partial charge in [0, 0.05) is 18.7 Å². The van der Waals surface area contributed by atoms with Gasteiger partial charge in [-0.15, -0.1) is 16.4 Å². The van der Waals surface area contributed by atoms with Gasteiger partial charge in [-0.3, -0.25) is 5.32 Å². The van der Waals surface area contributed by atoms with Gasteiger partial charge in [-0.1, -0.05) is 0 Å². The minimum absolute atomic E-state index is 0.0233. The van der Waals surface area contributed by atoms with Gasteiger partial charge in [0.25, 0.3) is 0 Å². The molecule has 1 saturated heterocycles. The molecule has 1 atom stereocenters. The van der Waals surface area contributed by atoms with Crippen molar-refractivity contribution in [2.45, 2.75) is 19.9 Å². The van der Waals surface area contributed by atoms with Crippen molar-refractivity contribution in [1.82, 2.24) is 25.0 Å². The van der Waals surface area contributed by atoms with Gasteiger partial charge in [-0.2, -0.15) is 4.98 Å². The van der Waals surface area contributed by atoms with Crippen molar-refractivity contribution >= 4 is 45.2 Å². The van der Waals surface area contributed by atoms with Crippen LogP contribution in [0.3, 0.4) is 0 Å². The average Bonchev–Trinajstić information content (AvgIpc) is 3.17. The SMILES string of the molecule is COc1ccc(NC(=O)ON2CCN(c3nc(N)nc4scnc34)[C@@H](C)C2)c(C)n1. The van der Waals surface area contributed by atoms with E-state index in [0.717, 1.165) is 10.3 Å². The van der Waals surface area contributed by atoms with E-state index in [1.807, 2.05) is 6.92 Å². The topological polar surface area (TPSA) is 132 Å². The normalized spacial score (nSPS) is 17.2. The summed E-state index contributed by atoms with van der Waals surface area (Å²) in [6, 6.07) is 3.42. The molecule has 158 valence electrons. The standard InChI is InChI=1S/C18H22N8O3S/c1-10-8-25(29-18(27)22-12-4-5-13(28-3)21-11(12)2)6-7-26(10)15-14-16(30-9-20-14)24-17(19)23-15/h4-5,9-10H,6-8H2,1-3H3,(H,22,27)(H2,19,23,24)/t10-/m0/s1. The van der Waals surface area contributed by atoms with Crippen LogP contribution in [0, 0.1) is 6.92 Å². The first-order valence-electron chi connectivity index (χ1n) is 9.33. The molecule has 1 aliphatic rings. The average molecular weight is 430 g/mol. The Kier molecular flexibility index (Phi) is 5.50. The highest BCUT2D eigenvalue weighted by Gasteiger charge is 2.29. The molecule has 12 heteroatoms. The summed E-state index contributed by atoms with van der Waals surface area (Å²) >= 11 is 1.42. The van der Waals surface area contributed by atoms with Crippen LogP contribution in [-0.4, -0.2) is 63.9 Å². The zero-order valence-corrected chi connectivity index (χ0v) is 17.6. The summed E-state index contributed by atoms with van der Waals surface area (Å²) < 4.78 is 5.08. The number of piperazine rings is 1. The largest absolute Gasteiger partial charge is 0.481 e. The van der Waals surface area contributed by atoms with Gasteiger partial charge in [0.1, 0.15) is 5.52 Å². The van der Waals surface area contributed by atoms with Gasteiger partial charge in [0.2, 0.25) is 11.8 Å². The Labute approximate surface area is 176 Å². The third kappa shape index (κ3) is 4.04. The number of hydroxylamine groups is 2. The highest BCUT2D eigenvalue weighted by Crippen LogP contribution is 2.28. The van der Waals surface area contributed by atoms with Crippen molar-refractivity contribution in [1.29, 1.82) is 0 Å². The second-order valence-corrected chi connectivity index (χ2v) is 7.67. The molecular formula is C18H22N8O3S. The minimum Gasteiger partial charge on any atom is -0.481 e. The number of nitrogens with zero attached hydrogens (tertiary/aromatic N) is 6. The third-order valence-corrected chi connectivity index (χ3v) is 5.50. The second kappa shape index (κ2) is 8.24. The van der Waals surface area contributed by atoms with Gasteiger partial charge in [0.15, 0.2) is 10.6 Å². The van der Waals surface area contributed by atoms with Crippen molar-refractivity contribution < 1.29 is 14.4 Å². The Hall–Kier alpha value is -3.25. The molecule has 0 radical (unpaired) electrons. The van der Waals surface area contributed by atoms with E-state index in [9.17, 15) is 4.79 Å². The minimum atomic E-state index is -0.570. The Morgan fingerprint density at radius 2 is 2.13 bits per heavy atom. The fraction of sp³-hybridized carbons (Fsp3) is 0.389. The number of thiazole rings is 1. The first kappa shape index (κ1) is 20.0. The summed E-state index contributed by atoms with van der Waals surface area (Å²) in [5.41, 5.74) is 9.52. The number of fused-ring (bicyclic) bond motifs is 1. The maximum absolute atomic E-state index is 12.3. The molecule has 1 aliphatic heterocycles. The molecule has 1 fully saturated rings. The monoisotopic (exact) mass is 430 g/mol. The maximum Gasteiger partial charge on any atom is 0.430 e. The number of hydrogen-bond acceptors (Lipinski definition) is 11. The Balaban J connectivity index is 1.39. The Bertz CT molecular complexity index is 1070. The van der Waals surface area contributed by atoms with Crippen LogP contribution < -0.4 is 20.7 Å². The lowest BCUT2D eigenvalue weighted by atomic mass is 10.2. The van der Waals surface area contributed by atoms with Gasteiger partial charge >= 0.3 is 6.09 Å². The second-order valence-electron chi connectivity index (χ2n) is 6.83. The van der Waals surface area contributed by atoms with E-state index in [-0.39, 0.29) is 12.0 Å². The molecule has 0 aliphatic carbocycles. The number of aromatic nitrogens is 4. The van der Waals surface area contributed by atoms with Crippen molar-refractivity contribution in [2.75, 3.05) is 42.7 Å². The quantitative estimate of drug-likeness (QED) is 0.634. The predicted molar refractivity (Wildman–Crippen MR) is 114 cm³/mol. The first-order valence-corrected chi connectivity index (χ1v) is 10.2. The van der Waals surface area contributed by atoms with Crippen LogP contribution in [0.5, 0.6) is 5.88 Å². The van der Waals surface area contributed by atoms with E-state index in [2.05, 4.69) is 30.2 Å². The number of hydrogen-bond donors (Lipinski definition) is 2. The van der Waals surface area contributed by atoms with E-state index in [1.54, 1.807) is 36.7 Å². The zero-order valence-electron chi connectivity index (χ0n) is 16.8. The number of pyridine rings is 1. The predicted octanol–water partition coefficient (Wildman–Crippen LogP) is 2.05. The number of aryl methyl sites for hydroxylation is 1. The van der Waals surface area contributed by atoms with Gasteiger partial charge < -0.3 is 20.2 Å². The molecule has 30 heavy (non-hydrogen) atoms. The van der Waals surface area contributed by atoms with Crippen LogP contribution in [0.4, 0.5) is 22.2 Å². The van der Waals surface area contributed by atoms with Crippen LogP contribution in [-0.2, 0) is 4.84 Å². The number of nitrogens with two attached hydrogens (primary N) is 1. The summed E-state index contributed by atoms with van der Waals surface area (Å²) in [4.78, 5) is 37.9. The van der Waals surface area contributed by atoms with Crippen LogP contribution in [0.2, 0.25) is 0 Å². The molecular weight excluding hydrogens is 408 g/mol. The smallest absolute Gasteiger partial charge is 0.430 e. The van der Waals surface area contributed by atoms with E-state index in [4.69, 9.17) is 15.3 Å². The Morgan fingerprint density at radius 3 is 2.87 bits per heavy atom. The number of nitrogen functional groups attached to an aromatic ring is 1. The van der Waals surface area contributed by atoms with Crippen molar-refractivity contribution in [3.8, 4) is 5.88 Å². The first-order chi connectivity index (χ1) is 14.4. The molecule has 3 aromatic heterocycles. The summed E-state index contributed by atoms with van der Waals surface area (Å²) in [6.45, 7) is 5.42. The highest BCUT2D eigenvalue weighted by molar-refractivity contribution is 7.16. The molecule has 1 amide bonds. The fourth-order valence-corrected chi connectivity index (χ4v) is 3.98. The third-order valence-electron chi connectivity index (χ3n) is 4.78. The molecule has 0 aromatic carbocycles. The van der Waals surface area contributed by atoms with Crippen LogP contribution in [0.1, 0.15) is 12.6 Å². The summed E-state index contributed by atoms with van der Waals surface area (Å²) in [6.07, 6.45) is -0.570. The van der Waals surface area contributed by atoms with Crippen molar-refractivity contribution in [3.05, 3.63) is 23.3 Å². The molecule has 0 unspecified atom stereocenters. The molecule has 4 rings (SSSR count). The van der Waals surface area contributed by atoms with E-state index >= 15 is 0 Å². The van der Waals surface area contributed by atoms with Gasteiger partial charge in [0.05, 0.1) is 37.1 Å². The molecule has 0 saturated carbocycles. The van der Waals surface area contributed by atoms with Gasteiger partial charge in [-0.05, 0) is 19.9 Å². The molecule has 3 N–H and O–H groups in total. The number of methoxy groups -OCH3 is 1. The molecule has 0 spiro atoms. The number of amides is 1. The van der Waals surface area contributed by atoms with Crippen molar-refractivity contribution in [2.24, 2.45) is 0 Å². The number of anilines is 3. The Morgan fingerprint density at radius 1 is 1.30 bits per heavy atom. The van der Waals surface area contributed by atoms with E-state index in [1.165, 1.54) is 11.3 Å². The number of rotatable bonds is 4. The van der Waals surface area contributed by atoms with Gasteiger partial charge in [-0.25, -0.2) is 19.7 Å². The molecule has 3 aromatic rings. The molecule has 4 heterocycles. The number of carbonyl (C=O) groups is 1. The lowest BCUT2D eigenvalue weighted by Gasteiger charge is -2.39. The van der Waals surface area contributed by atoms with Crippen molar-refractivity contribution in [3.63, 3.8) is 0 Å².